The Hall–Kier alpha value is -3.61. The van der Waals surface area contributed by atoms with Crippen LogP contribution in [0.1, 0.15) is 16.6 Å². The van der Waals surface area contributed by atoms with Crippen molar-refractivity contribution in [3.05, 3.63) is 41.2 Å². The first kappa shape index (κ1) is 24.7. The average molecular weight is 537 g/mol. The van der Waals surface area contributed by atoms with E-state index in [1.807, 2.05) is 31.2 Å². The molecule has 5 heterocycles. The summed E-state index contributed by atoms with van der Waals surface area (Å²) in [6.07, 6.45) is 0. The molecule has 0 saturated carbocycles. The number of amides is 1. The highest BCUT2D eigenvalue weighted by Gasteiger charge is 2.24. The maximum atomic E-state index is 14.3. The second-order valence-corrected chi connectivity index (χ2v) is 10.8. The summed E-state index contributed by atoms with van der Waals surface area (Å²) in [5.41, 5.74) is 1.59. The number of nitrogens with one attached hydrogen (secondary N) is 3. The van der Waals surface area contributed by atoms with E-state index in [-0.39, 0.29) is 23.8 Å². The molecule has 12 heteroatoms. The maximum absolute atomic E-state index is 14.3. The zero-order chi connectivity index (χ0) is 26.2. The summed E-state index contributed by atoms with van der Waals surface area (Å²) in [6, 6.07) is 8.91. The Kier molecular flexibility index (Phi) is 6.68. The first-order valence-corrected chi connectivity index (χ1v) is 13.5. The molecule has 0 radical (unpaired) electrons. The molecule has 38 heavy (non-hydrogen) atoms. The van der Waals surface area contributed by atoms with Crippen LogP contribution in [0.5, 0.6) is 6.01 Å². The molecule has 6 rings (SSSR count). The standard InChI is InChI=1S/C26H29FN8O2S/c1-15-14-28-23-22-16-3-6-20(30-17(16)4-5-18(22)38-24(23)25(36)29-15)32-21-13-19(27)31-26(33-21)37-12-11-35-9-7-34(2)8-10-35/h3-6,13,15,28H,7-12,14H2,1-2H3,(H,29,36)(H,30,31,32,33)/t15-/m1/s1. The van der Waals surface area contributed by atoms with Crippen molar-refractivity contribution in [2.45, 2.75) is 13.0 Å². The fourth-order valence-corrected chi connectivity index (χ4v) is 5.89. The van der Waals surface area contributed by atoms with E-state index in [0.717, 1.165) is 59.4 Å². The predicted octanol–water partition coefficient (Wildman–Crippen LogP) is 3.29. The molecular weight excluding hydrogens is 507 g/mol. The van der Waals surface area contributed by atoms with Crippen LogP contribution >= 0.6 is 11.3 Å². The lowest BCUT2D eigenvalue weighted by atomic mass is 10.1. The van der Waals surface area contributed by atoms with Gasteiger partial charge in [-0.25, -0.2) is 4.98 Å². The average Bonchev–Trinajstić information content (AvgIpc) is 3.21. The van der Waals surface area contributed by atoms with Crippen LogP contribution in [0.25, 0.3) is 21.0 Å². The number of carbonyl (C=O) groups is 1. The molecule has 3 N–H and O–H groups in total. The van der Waals surface area contributed by atoms with Crippen molar-refractivity contribution in [1.29, 1.82) is 0 Å². The van der Waals surface area contributed by atoms with E-state index in [1.165, 1.54) is 17.4 Å². The Bertz CT molecular complexity index is 1500. The summed E-state index contributed by atoms with van der Waals surface area (Å²) in [4.78, 5) is 30.8. The summed E-state index contributed by atoms with van der Waals surface area (Å²) in [6.45, 7) is 7.74. The molecule has 1 amide bonds. The van der Waals surface area contributed by atoms with Gasteiger partial charge >= 0.3 is 6.01 Å². The van der Waals surface area contributed by atoms with Crippen molar-refractivity contribution in [2.24, 2.45) is 0 Å². The number of likely N-dealkylation sites (N-methyl/N-ethyl adjacent to an activating group) is 1. The molecule has 1 saturated heterocycles. The Morgan fingerprint density at radius 2 is 1.97 bits per heavy atom. The predicted molar refractivity (Wildman–Crippen MR) is 147 cm³/mol. The van der Waals surface area contributed by atoms with Crippen molar-refractivity contribution in [3.63, 3.8) is 0 Å². The van der Waals surface area contributed by atoms with Crippen LogP contribution < -0.4 is 20.7 Å². The molecular formula is C26H29FN8O2S. The van der Waals surface area contributed by atoms with Crippen molar-refractivity contribution in [1.82, 2.24) is 30.1 Å². The van der Waals surface area contributed by atoms with Gasteiger partial charge in [0.2, 0.25) is 5.95 Å². The van der Waals surface area contributed by atoms with E-state index in [9.17, 15) is 9.18 Å². The second-order valence-electron chi connectivity index (χ2n) is 9.74. The van der Waals surface area contributed by atoms with Crippen molar-refractivity contribution in [3.8, 4) is 6.01 Å². The maximum Gasteiger partial charge on any atom is 0.321 e. The van der Waals surface area contributed by atoms with Crippen LogP contribution in [0.2, 0.25) is 0 Å². The lowest BCUT2D eigenvalue weighted by Gasteiger charge is -2.31. The fourth-order valence-electron chi connectivity index (χ4n) is 4.79. The molecule has 0 unspecified atom stereocenters. The van der Waals surface area contributed by atoms with Crippen molar-refractivity contribution in [2.75, 3.05) is 63.6 Å². The van der Waals surface area contributed by atoms with E-state index < -0.39 is 5.95 Å². The zero-order valence-corrected chi connectivity index (χ0v) is 22.1. The number of carbonyl (C=O) groups excluding carboxylic acids is 1. The summed E-state index contributed by atoms with van der Waals surface area (Å²) in [5.74, 6) is 0.0281. The molecule has 1 atom stereocenters. The third-order valence-electron chi connectivity index (χ3n) is 6.86. The molecule has 0 spiro atoms. The number of thiophene rings is 1. The van der Waals surface area contributed by atoms with E-state index in [0.29, 0.717) is 23.8 Å². The number of nitrogens with zero attached hydrogens (tertiary/aromatic N) is 5. The molecule has 2 aliphatic heterocycles. The zero-order valence-electron chi connectivity index (χ0n) is 21.3. The quantitative estimate of drug-likeness (QED) is 0.320. The molecule has 10 nitrogen and oxygen atoms in total. The number of hydrogen-bond acceptors (Lipinski definition) is 10. The van der Waals surface area contributed by atoms with Gasteiger partial charge in [0, 0.05) is 66.8 Å². The van der Waals surface area contributed by atoms with E-state index in [1.54, 1.807) is 0 Å². The van der Waals surface area contributed by atoms with E-state index in [4.69, 9.17) is 9.72 Å². The minimum atomic E-state index is -0.681. The number of benzene rings is 1. The summed E-state index contributed by atoms with van der Waals surface area (Å²) in [7, 11) is 2.11. The first-order valence-electron chi connectivity index (χ1n) is 12.7. The van der Waals surface area contributed by atoms with Crippen LogP contribution in [0.4, 0.5) is 21.7 Å². The highest BCUT2D eigenvalue weighted by molar-refractivity contribution is 7.21. The summed E-state index contributed by atoms with van der Waals surface area (Å²) < 4.78 is 20.9. The van der Waals surface area contributed by atoms with Gasteiger partial charge in [0.05, 0.1) is 11.2 Å². The van der Waals surface area contributed by atoms with Gasteiger partial charge in [-0.15, -0.1) is 11.3 Å². The number of pyridine rings is 1. The molecule has 198 valence electrons. The third kappa shape index (κ3) is 5.06. The Labute approximate surface area is 223 Å². The van der Waals surface area contributed by atoms with Crippen LogP contribution in [-0.2, 0) is 0 Å². The molecule has 1 fully saturated rings. The van der Waals surface area contributed by atoms with Crippen molar-refractivity contribution < 1.29 is 13.9 Å². The second kappa shape index (κ2) is 10.3. The highest BCUT2D eigenvalue weighted by Crippen LogP contribution is 2.41. The number of piperazine rings is 1. The number of ether oxygens (including phenoxy) is 1. The van der Waals surface area contributed by atoms with Crippen LogP contribution in [0.15, 0.2) is 30.3 Å². The minimum absolute atomic E-state index is 0.0105. The fraction of sp³-hybridized carbons (Fsp3) is 0.385. The van der Waals surface area contributed by atoms with E-state index >= 15 is 0 Å². The van der Waals surface area contributed by atoms with Gasteiger partial charge in [0.1, 0.15) is 23.1 Å². The monoisotopic (exact) mass is 536 g/mol. The lowest BCUT2D eigenvalue weighted by Crippen LogP contribution is -2.45. The van der Waals surface area contributed by atoms with Crippen LogP contribution in [0, 0.1) is 5.95 Å². The molecule has 0 bridgehead atoms. The van der Waals surface area contributed by atoms with Crippen LogP contribution in [0.3, 0.4) is 0 Å². The number of anilines is 3. The Morgan fingerprint density at radius 3 is 2.82 bits per heavy atom. The SMILES string of the molecule is C[C@@H]1CNc2c(sc3ccc4nc(Nc5cc(F)nc(OCCN6CCN(C)CC6)n5)ccc4c23)C(=O)N1. The van der Waals surface area contributed by atoms with Gasteiger partial charge in [-0.3, -0.25) is 9.69 Å². The van der Waals surface area contributed by atoms with Crippen molar-refractivity contribution >= 4 is 55.6 Å². The van der Waals surface area contributed by atoms with Gasteiger partial charge in [-0.2, -0.15) is 14.4 Å². The molecule has 4 aromatic rings. The smallest absolute Gasteiger partial charge is 0.321 e. The molecule has 3 aromatic heterocycles. The topological polar surface area (TPSA) is 108 Å². The number of hydrogen-bond donors (Lipinski definition) is 3. The van der Waals surface area contributed by atoms with E-state index in [2.05, 4.69) is 42.8 Å². The largest absolute Gasteiger partial charge is 0.462 e. The Morgan fingerprint density at radius 1 is 1.13 bits per heavy atom. The number of rotatable bonds is 6. The molecule has 1 aromatic carbocycles. The van der Waals surface area contributed by atoms with Gasteiger partial charge in [0.25, 0.3) is 5.91 Å². The van der Waals surface area contributed by atoms with Gasteiger partial charge in [-0.1, -0.05) is 0 Å². The Balaban J connectivity index is 1.20. The summed E-state index contributed by atoms with van der Waals surface area (Å²) in [5, 5.41) is 11.4. The first-order chi connectivity index (χ1) is 18.4. The molecule has 0 aliphatic carbocycles. The van der Waals surface area contributed by atoms with Gasteiger partial charge in [-0.05, 0) is 38.2 Å². The number of halogens is 1. The minimum Gasteiger partial charge on any atom is -0.462 e. The molecule has 2 aliphatic rings. The van der Waals surface area contributed by atoms with Gasteiger partial charge in [0.15, 0.2) is 0 Å². The lowest BCUT2D eigenvalue weighted by molar-refractivity contribution is 0.0949. The highest BCUT2D eigenvalue weighted by atomic mass is 32.1. The summed E-state index contributed by atoms with van der Waals surface area (Å²) >= 11 is 1.47. The van der Waals surface area contributed by atoms with Gasteiger partial charge < -0.3 is 25.6 Å². The number of fused-ring (bicyclic) bond motifs is 5. The number of aromatic nitrogens is 3. The third-order valence-corrected chi connectivity index (χ3v) is 8.01. The normalized spacial score (nSPS) is 18.6. The van der Waals surface area contributed by atoms with Crippen LogP contribution in [-0.4, -0.2) is 89.6 Å².